The third-order valence-corrected chi connectivity index (χ3v) is 3.47. The van der Waals surface area contributed by atoms with Crippen molar-refractivity contribution in [1.82, 2.24) is 5.32 Å². The molecule has 0 bridgehead atoms. The van der Waals surface area contributed by atoms with Gasteiger partial charge < -0.3 is 10.4 Å². The number of rotatable bonds is 5. The van der Waals surface area contributed by atoms with Crippen LogP contribution in [0.4, 0.5) is 0 Å². The average Bonchev–Trinajstić information content (AvgIpc) is 2.27. The van der Waals surface area contributed by atoms with Gasteiger partial charge in [0.15, 0.2) is 0 Å². The Balaban J connectivity index is 2.38. The first-order valence-corrected chi connectivity index (χ1v) is 6.44. The fraction of sp³-hybridized carbons (Fsp3) is 0.923. The predicted molar refractivity (Wildman–Crippen MR) is 64.9 cm³/mol. The predicted octanol–water partition coefficient (Wildman–Crippen LogP) is 2.21. The highest BCUT2D eigenvalue weighted by atomic mass is 16.3. The minimum Gasteiger partial charge on any atom is -0.389 e. The first-order valence-electron chi connectivity index (χ1n) is 6.44. The van der Waals surface area contributed by atoms with Crippen LogP contribution < -0.4 is 5.32 Å². The summed E-state index contributed by atoms with van der Waals surface area (Å²) in [6.45, 7) is 4.55. The van der Waals surface area contributed by atoms with E-state index in [2.05, 4.69) is 18.3 Å². The lowest BCUT2D eigenvalue weighted by Gasteiger charge is -2.31. The van der Waals surface area contributed by atoms with Crippen LogP contribution in [0.5, 0.6) is 0 Å². The minimum absolute atomic E-state index is 0.131. The first-order chi connectivity index (χ1) is 7.59. The molecule has 0 aromatic heterocycles. The average molecular weight is 224 g/mol. The molecule has 16 heavy (non-hydrogen) atoms. The summed E-state index contributed by atoms with van der Waals surface area (Å²) in [5.74, 6) is 0.131. The van der Waals surface area contributed by atoms with E-state index in [1.54, 1.807) is 0 Å². The molecule has 0 aromatic carbocycles. The van der Waals surface area contributed by atoms with Crippen LogP contribution in [-0.2, 0) is 0 Å². The highest BCUT2D eigenvalue weighted by molar-refractivity contribution is 4.95. The number of nitriles is 1. The Hall–Kier alpha value is -0.590. The van der Waals surface area contributed by atoms with E-state index < -0.39 is 5.60 Å². The Bertz CT molecular complexity index is 245. The van der Waals surface area contributed by atoms with Crippen LogP contribution in [0.3, 0.4) is 0 Å². The van der Waals surface area contributed by atoms with E-state index in [9.17, 15) is 5.11 Å². The summed E-state index contributed by atoms with van der Waals surface area (Å²) < 4.78 is 0. The van der Waals surface area contributed by atoms with Gasteiger partial charge >= 0.3 is 0 Å². The first kappa shape index (κ1) is 13.5. The lowest BCUT2D eigenvalue weighted by Crippen LogP contribution is -2.46. The normalized spacial score (nSPS) is 29.4. The zero-order chi connectivity index (χ0) is 12.0. The Morgan fingerprint density at radius 1 is 1.44 bits per heavy atom. The lowest BCUT2D eigenvalue weighted by atomic mass is 9.85. The Labute approximate surface area is 98.8 Å². The van der Waals surface area contributed by atoms with Gasteiger partial charge in [0.25, 0.3) is 0 Å². The highest BCUT2D eigenvalue weighted by Gasteiger charge is 2.27. The van der Waals surface area contributed by atoms with Gasteiger partial charge in [-0.05, 0) is 26.2 Å². The van der Waals surface area contributed by atoms with Crippen molar-refractivity contribution in [3.8, 4) is 6.07 Å². The van der Waals surface area contributed by atoms with Gasteiger partial charge in [-0.25, -0.2) is 0 Å². The van der Waals surface area contributed by atoms with Gasteiger partial charge in [-0.15, -0.1) is 0 Å². The van der Waals surface area contributed by atoms with Crippen molar-refractivity contribution in [3.05, 3.63) is 0 Å². The maximum absolute atomic E-state index is 10.1. The molecule has 1 saturated carbocycles. The van der Waals surface area contributed by atoms with Gasteiger partial charge in [0.05, 0.1) is 17.6 Å². The summed E-state index contributed by atoms with van der Waals surface area (Å²) in [7, 11) is 0. The standard InChI is InChI=1S/C13H24N2O/c1-3-8-13(2,16)10-15-12-7-5-4-6-11(12)9-14/h11-12,15-16H,3-8,10H2,1-2H3. The van der Waals surface area contributed by atoms with Crippen LogP contribution in [-0.4, -0.2) is 23.3 Å². The van der Waals surface area contributed by atoms with Crippen molar-refractivity contribution in [2.75, 3.05) is 6.54 Å². The molecule has 3 heteroatoms. The number of hydrogen-bond donors (Lipinski definition) is 2. The van der Waals surface area contributed by atoms with Crippen LogP contribution in [0.1, 0.15) is 52.4 Å². The van der Waals surface area contributed by atoms with Crippen molar-refractivity contribution in [2.24, 2.45) is 5.92 Å². The largest absolute Gasteiger partial charge is 0.389 e. The number of aliphatic hydroxyl groups is 1. The molecular weight excluding hydrogens is 200 g/mol. The fourth-order valence-electron chi connectivity index (χ4n) is 2.51. The third kappa shape index (κ3) is 4.11. The van der Waals surface area contributed by atoms with E-state index in [-0.39, 0.29) is 12.0 Å². The molecule has 2 N–H and O–H groups in total. The van der Waals surface area contributed by atoms with E-state index >= 15 is 0 Å². The molecule has 0 amide bonds. The molecule has 1 aliphatic rings. The fourth-order valence-corrected chi connectivity index (χ4v) is 2.51. The summed E-state index contributed by atoms with van der Waals surface area (Å²) in [6, 6.07) is 2.66. The Kier molecular flexibility index (Phi) is 5.24. The lowest BCUT2D eigenvalue weighted by molar-refractivity contribution is 0.0442. The second-order valence-corrected chi connectivity index (χ2v) is 5.25. The van der Waals surface area contributed by atoms with Gasteiger partial charge in [0.2, 0.25) is 0 Å². The number of hydrogen-bond acceptors (Lipinski definition) is 3. The smallest absolute Gasteiger partial charge is 0.0743 e. The zero-order valence-corrected chi connectivity index (χ0v) is 10.5. The van der Waals surface area contributed by atoms with Gasteiger partial charge in [-0.2, -0.15) is 5.26 Å². The number of nitrogens with one attached hydrogen (secondary N) is 1. The van der Waals surface area contributed by atoms with Crippen LogP contribution in [0.2, 0.25) is 0 Å². The maximum Gasteiger partial charge on any atom is 0.0743 e. The third-order valence-electron chi connectivity index (χ3n) is 3.47. The van der Waals surface area contributed by atoms with Gasteiger partial charge in [-0.3, -0.25) is 0 Å². The topological polar surface area (TPSA) is 56.0 Å². The zero-order valence-electron chi connectivity index (χ0n) is 10.5. The second kappa shape index (κ2) is 6.22. The van der Waals surface area contributed by atoms with Crippen LogP contribution in [0.25, 0.3) is 0 Å². The van der Waals surface area contributed by atoms with Gasteiger partial charge in [-0.1, -0.05) is 26.2 Å². The van der Waals surface area contributed by atoms with Crippen molar-refractivity contribution in [3.63, 3.8) is 0 Å². The highest BCUT2D eigenvalue weighted by Crippen LogP contribution is 2.24. The summed E-state index contributed by atoms with van der Waals surface area (Å²) in [4.78, 5) is 0. The molecule has 3 nitrogen and oxygen atoms in total. The molecule has 0 heterocycles. The number of nitrogens with zero attached hydrogens (tertiary/aromatic N) is 1. The van der Waals surface area contributed by atoms with E-state index in [4.69, 9.17) is 5.26 Å². The van der Waals surface area contributed by atoms with Crippen molar-refractivity contribution in [1.29, 1.82) is 5.26 Å². The summed E-state index contributed by atoms with van der Waals surface area (Å²) in [6.07, 6.45) is 6.24. The van der Waals surface area contributed by atoms with E-state index in [0.717, 1.165) is 25.7 Å². The molecule has 0 aromatic rings. The van der Waals surface area contributed by atoms with Crippen molar-refractivity contribution in [2.45, 2.75) is 64.0 Å². The van der Waals surface area contributed by atoms with Gasteiger partial charge in [0.1, 0.15) is 0 Å². The van der Waals surface area contributed by atoms with E-state index in [0.29, 0.717) is 6.54 Å². The molecule has 1 aliphatic carbocycles. The summed E-state index contributed by atoms with van der Waals surface area (Å²) in [5, 5.41) is 22.5. The van der Waals surface area contributed by atoms with Crippen LogP contribution in [0, 0.1) is 17.2 Å². The van der Waals surface area contributed by atoms with Crippen LogP contribution >= 0.6 is 0 Å². The molecule has 92 valence electrons. The molecular formula is C13H24N2O. The maximum atomic E-state index is 10.1. The molecule has 0 saturated heterocycles. The monoisotopic (exact) mass is 224 g/mol. The SMILES string of the molecule is CCCC(C)(O)CNC1CCCCC1C#N. The summed E-state index contributed by atoms with van der Waals surface area (Å²) in [5.41, 5.74) is -0.633. The second-order valence-electron chi connectivity index (χ2n) is 5.25. The molecule has 3 unspecified atom stereocenters. The quantitative estimate of drug-likeness (QED) is 0.752. The van der Waals surface area contributed by atoms with E-state index in [1.165, 1.54) is 12.8 Å². The Morgan fingerprint density at radius 3 is 2.75 bits per heavy atom. The molecule has 3 atom stereocenters. The summed E-state index contributed by atoms with van der Waals surface area (Å²) >= 11 is 0. The van der Waals surface area contributed by atoms with E-state index in [1.807, 2.05) is 6.92 Å². The molecule has 0 radical (unpaired) electrons. The van der Waals surface area contributed by atoms with Crippen LogP contribution in [0.15, 0.2) is 0 Å². The molecule has 1 rings (SSSR count). The van der Waals surface area contributed by atoms with Crippen molar-refractivity contribution < 1.29 is 5.11 Å². The molecule has 1 fully saturated rings. The van der Waals surface area contributed by atoms with Crippen molar-refractivity contribution >= 4 is 0 Å². The molecule has 0 aliphatic heterocycles. The minimum atomic E-state index is -0.633. The van der Waals surface area contributed by atoms with Gasteiger partial charge in [0, 0.05) is 12.6 Å². The molecule has 0 spiro atoms. The Morgan fingerprint density at radius 2 is 2.12 bits per heavy atom.